The van der Waals surface area contributed by atoms with Gasteiger partial charge in [0.25, 0.3) is 10.0 Å². The number of hydrogen-bond acceptors (Lipinski definition) is 6. The first-order valence-electron chi connectivity index (χ1n) is 11.4. The number of carbonyl (C=O) groups is 2. The third-order valence-electron chi connectivity index (χ3n) is 5.64. The van der Waals surface area contributed by atoms with E-state index in [4.69, 9.17) is 9.47 Å². The number of Topliss-reactive ketones (excluding diaryl/α,β-unsaturated/α-hetero) is 1. The van der Waals surface area contributed by atoms with E-state index >= 15 is 0 Å². The van der Waals surface area contributed by atoms with Crippen LogP contribution >= 0.6 is 0 Å². The molecule has 35 heavy (non-hydrogen) atoms. The van der Waals surface area contributed by atoms with Crippen LogP contribution in [0.2, 0.25) is 0 Å². The first kappa shape index (κ1) is 26.7. The lowest BCUT2D eigenvalue weighted by molar-refractivity contribution is -0.153. The van der Waals surface area contributed by atoms with Gasteiger partial charge in [0, 0.05) is 11.8 Å². The summed E-state index contributed by atoms with van der Waals surface area (Å²) in [7, 11) is -4.10. The summed E-state index contributed by atoms with van der Waals surface area (Å²) in [5.41, 5.74) is -0.482. The van der Waals surface area contributed by atoms with Crippen molar-refractivity contribution in [2.24, 2.45) is 5.41 Å². The standard InChI is InChI=1S/C26H32FNO6S/c1-17(29)15-26(5,6)23-16-28(35(31,32)20-10-8-19(27)9-11-20)21-13-18(7-12-22(21)33-23)14-24(30)34-25(2,3)4/h7-13,23H,14-16H2,1-6H3/t23-/m0/s1. The molecule has 0 bridgehead atoms. The third-order valence-corrected chi connectivity index (χ3v) is 7.43. The molecule has 1 heterocycles. The van der Waals surface area contributed by atoms with Gasteiger partial charge in [-0.3, -0.25) is 9.10 Å². The molecule has 2 aromatic carbocycles. The van der Waals surface area contributed by atoms with Gasteiger partial charge in [-0.05, 0) is 69.7 Å². The maximum Gasteiger partial charge on any atom is 0.310 e. The number of ether oxygens (including phenoxy) is 2. The molecule has 9 heteroatoms. The van der Waals surface area contributed by atoms with Crippen LogP contribution < -0.4 is 9.04 Å². The van der Waals surface area contributed by atoms with E-state index in [1.54, 1.807) is 39.0 Å². The van der Waals surface area contributed by atoms with Crippen molar-refractivity contribution in [1.29, 1.82) is 0 Å². The van der Waals surface area contributed by atoms with Crippen LogP contribution in [-0.4, -0.2) is 38.4 Å². The Morgan fingerprint density at radius 2 is 1.71 bits per heavy atom. The van der Waals surface area contributed by atoms with Crippen LogP contribution in [0.1, 0.15) is 53.5 Å². The molecule has 2 aromatic rings. The highest BCUT2D eigenvalue weighted by atomic mass is 32.2. The summed E-state index contributed by atoms with van der Waals surface area (Å²) in [5, 5.41) is 0. The lowest BCUT2D eigenvalue weighted by Gasteiger charge is -2.42. The van der Waals surface area contributed by atoms with Crippen LogP contribution in [0, 0.1) is 11.2 Å². The molecular weight excluding hydrogens is 473 g/mol. The highest BCUT2D eigenvalue weighted by molar-refractivity contribution is 7.92. The van der Waals surface area contributed by atoms with E-state index in [-0.39, 0.29) is 35.8 Å². The van der Waals surface area contributed by atoms with Gasteiger partial charge >= 0.3 is 5.97 Å². The Bertz CT molecular complexity index is 1220. The molecule has 1 atom stereocenters. The number of hydrogen-bond donors (Lipinski definition) is 0. The predicted molar refractivity (Wildman–Crippen MR) is 130 cm³/mol. The van der Waals surface area contributed by atoms with E-state index in [9.17, 15) is 22.4 Å². The van der Waals surface area contributed by atoms with E-state index in [0.717, 1.165) is 12.1 Å². The summed E-state index contributed by atoms with van der Waals surface area (Å²) in [6.07, 6.45) is -0.464. The lowest BCUT2D eigenvalue weighted by Crippen LogP contribution is -2.50. The number of ketones is 1. The topological polar surface area (TPSA) is 90.0 Å². The van der Waals surface area contributed by atoms with Gasteiger partial charge in [0.15, 0.2) is 0 Å². The van der Waals surface area contributed by atoms with Gasteiger partial charge in [-0.2, -0.15) is 0 Å². The zero-order valence-electron chi connectivity index (χ0n) is 20.9. The summed E-state index contributed by atoms with van der Waals surface area (Å²) >= 11 is 0. The molecule has 1 aliphatic rings. The number of benzene rings is 2. The van der Waals surface area contributed by atoms with Gasteiger partial charge in [0.1, 0.15) is 29.1 Å². The van der Waals surface area contributed by atoms with Crippen molar-refractivity contribution in [2.75, 3.05) is 10.8 Å². The SMILES string of the molecule is CC(=O)CC(C)(C)[C@@H]1CN(S(=O)(=O)c2ccc(F)cc2)c2cc(CC(=O)OC(C)(C)C)ccc2O1. The molecule has 0 unspecified atom stereocenters. The number of rotatable bonds is 7. The minimum Gasteiger partial charge on any atom is -0.486 e. The molecule has 1 aliphatic heterocycles. The van der Waals surface area contributed by atoms with Crippen molar-refractivity contribution in [3.63, 3.8) is 0 Å². The number of nitrogens with zero attached hydrogens (tertiary/aromatic N) is 1. The van der Waals surface area contributed by atoms with E-state index in [1.165, 1.54) is 23.4 Å². The predicted octanol–water partition coefficient (Wildman–Crippen LogP) is 4.67. The van der Waals surface area contributed by atoms with Crippen molar-refractivity contribution in [1.82, 2.24) is 0 Å². The minimum absolute atomic E-state index is 0.0370. The Kier molecular flexibility index (Phi) is 7.32. The fourth-order valence-corrected chi connectivity index (χ4v) is 5.54. The molecule has 7 nitrogen and oxygen atoms in total. The third kappa shape index (κ3) is 6.39. The Hall–Kier alpha value is -2.94. The molecule has 0 amide bonds. The molecule has 0 radical (unpaired) electrons. The van der Waals surface area contributed by atoms with Crippen LogP contribution in [0.3, 0.4) is 0 Å². The smallest absolute Gasteiger partial charge is 0.310 e. The van der Waals surface area contributed by atoms with Crippen LogP contribution in [-0.2, 0) is 30.8 Å². The van der Waals surface area contributed by atoms with Crippen molar-refractivity contribution in [3.05, 3.63) is 53.8 Å². The van der Waals surface area contributed by atoms with Crippen LogP contribution in [0.4, 0.5) is 10.1 Å². The lowest BCUT2D eigenvalue weighted by atomic mass is 9.81. The molecule has 0 saturated heterocycles. The summed E-state index contributed by atoms with van der Waals surface area (Å²) in [6, 6.07) is 9.49. The molecule has 3 rings (SSSR count). The highest BCUT2D eigenvalue weighted by Gasteiger charge is 2.42. The van der Waals surface area contributed by atoms with Gasteiger partial charge in [-0.15, -0.1) is 0 Å². The summed E-state index contributed by atoms with van der Waals surface area (Å²) in [5.74, 6) is -0.712. The fourth-order valence-electron chi connectivity index (χ4n) is 4.07. The molecule has 0 spiro atoms. The second-order valence-corrected chi connectivity index (χ2v) is 12.4. The summed E-state index contributed by atoms with van der Waals surface area (Å²) < 4.78 is 53.6. The molecule has 0 aliphatic carbocycles. The number of halogens is 1. The average molecular weight is 506 g/mol. The zero-order chi connectivity index (χ0) is 26.2. The molecule has 190 valence electrons. The Morgan fingerprint density at radius 1 is 1.09 bits per heavy atom. The van der Waals surface area contributed by atoms with Gasteiger partial charge in [0.2, 0.25) is 0 Å². The molecule has 0 N–H and O–H groups in total. The maximum absolute atomic E-state index is 13.7. The van der Waals surface area contributed by atoms with Crippen LogP contribution in [0.15, 0.2) is 47.4 Å². The molecule has 0 fully saturated rings. The van der Waals surface area contributed by atoms with Crippen molar-refractivity contribution in [3.8, 4) is 5.75 Å². The van der Waals surface area contributed by atoms with Crippen LogP contribution in [0.5, 0.6) is 5.75 Å². The monoisotopic (exact) mass is 505 g/mol. The number of fused-ring (bicyclic) bond motifs is 1. The number of esters is 1. The van der Waals surface area contributed by atoms with Crippen LogP contribution in [0.25, 0.3) is 0 Å². The first-order chi connectivity index (χ1) is 16.1. The molecular formula is C26H32FNO6S. The van der Waals surface area contributed by atoms with E-state index in [2.05, 4.69) is 0 Å². The minimum atomic E-state index is -4.10. The van der Waals surface area contributed by atoms with E-state index in [1.807, 2.05) is 13.8 Å². The van der Waals surface area contributed by atoms with Gasteiger partial charge in [0.05, 0.1) is 23.5 Å². The quantitative estimate of drug-likeness (QED) is 0.508. The Balaban J connectivity index is 2.05. The molecule has 0 saturated carbocycles. The van der Waals surface area contributed by atoms with E-state index in [0.29, 0.717) is 11.3 Å². The highest BCUT2D eigenvalue weighted by Crippen LogP contribution is 2.42. The summed E-state index contributed by atoms with van der Waals surface area (Å²) in [6.45, 7) is 10.4. The average Bonchev–Trinajstić information content (AvgIpc) is 2.70. The second-order valence-electron chi connectivity index (χ2n) is 10.5. The Labute approximate surface area is 206 Å². The summed E-state index contributed by atoms with van der Waals surface area (Å²) in [4.78, 5) is 24.1. The number of sulfonamides is 1. The maximum atomic E-state index is 13.7. The zero-order valence-corrected chi connectivity index (χ0v) is 21.7. The largest absolute Gasteiger partial charge is 0.486 e. The van der Waals surface area contributed by atoms with Crippen molar-refractivity contribution >= 4 is 27.5 Å². The second kappa shape index (κ2) is 9.60. The van der Waals surface area contributed by atoms with Gasteiger partial charge in [-0.1, -0.05) is 19.9 Å². The van der Waals surface area contributed by atoms with Crippen molar-refractivity contribution in [2.45, 2.75) is 71.0 Å². The first-order valence-corrected chi connectivity index (χ1v) is 12.8. The number of anilines is 1. The van der Waals surface area contributed by atoms with E-state index < -0.39 is 38.9 Å². The van der Waals surface area contributed by atoms with Gasteiger partial charge < -0.3 is 14.3 Å². The normalized spacial score (nSPS) is 16.3. The number of carbonyl (C=O) groups excluding carboxylic acids is 2. The van der Waals surface area contributed by atoms with Gasteiger partial charge in [-0.25, -0.2) is 12.8 Å². The van der Waals surface area contributed by atoms with Crippen molar-refractivity contribution < 1.29 is 31.9 Å². The fraction of sp³-hybridized carbons (Fsp3) is 0.462. The Morgan fingerprint density at radius 3 is 2.29 bits per heavy atom. The molecule has 0 aromatic heterocycles.